The number of carbonyl (C=O) groups excluding carboxylic acids is 3. The first-order valence-electron chi connectivity index (χ1n) is 9.92. The normalized spacial score (nSPS) is 20.7. The number of nitrogens with one attached hydrogen (secondary N) is 2. The first-order valence-corrected chi connectivity index (χ1v) is 11.0. The van der Waals surface area contributed by atoms with Crippen molar-refractivity contribution in [2.75, 3.05) is 5.75 Å². The van der Waals surface area contributed by atoms with E-state index in [4.69, 9.17) is 5.11 Å². The number of rotatable bonds is 9. The highest BCUT2D eigenvalue weighted by Gasteiger charge is 2.53. The molecule has 0 bridgehead atoms. The number of hydrogen-bond acceptors (Lipinski definition) is 6. The van der Waals surface area contributed by atoms with E-state index in [2.05, 4.69) is 10.6 Å². The van der Waals surface area contributed by atoms with Crippen LogP contribution in [0.5, 0.6) is 0 Å². The maximum atomic E-state index is 12.8. The van der Waals surface area contributed by atoms with Crippen LogP contribution in [-0.2, 0) is 30.4 Å². The molecule has 2 aliphatic rings. The Kier molecular flexibility index (Phi) is 7.18. The van der Waals surface area contributed by atoms with Gasteiger partial charge in [-0.1, -0.05) is 30.3 Å². The third kappa shape index (κ3) is 5.10. The zero-order valence-corrected chi connectivity index (χ0v) is 18.1. The molecule has 2 heterocycles. The topological polar surface area (TPSA) is 153 Å². The van der Waals surface area contributed by atoms with E-state index in [1.54, 1.807) is 6.92 Å². The van der Waals surface area contributed by atoms with Gasteiger partial charge in [0.25, 0.3) is 11.8 Å². The lowest BCUT2D eigenvalue weighted by atomic mass is 10.0. The number of carboxylic acid groups (broad SMARTS) is 2. The summed E-state index contributed by atoms with van der Waals surface area (Å²) < 4.78 is 0. The molecule has 170 valence electrons. The van der Waals surface area contributed by atoms with Crippen molar-refractivity contribution >= 4 is 41.4 Å². The molecule has 3 rings (SSSR count). The molecule has 0 aliphatic carbocycles. The van der Waals surface area contributed by atoms with Gasteiger partial charge in [-0.2, -0.15) is 0 Å². The third-order valence-electron chi connectivity index (χ3n) is 5.15. The molecule has 2 aliphatic heterocycles. The lowest BCUT2D eigenvalue weighted by Gasteiger charge is -2.49. The molecule has 1 saturated heterocycles. The lowest BCUT2D eigenvalue weighted by Crippen LogP contribution is -2.71. The minimum Gasteiger partial charge on any atom is -0.481 e. The van der Waals surface area contributed by atoms with Gasteiger partial charge in [-0.3, -0.25) is 24.1 Å². The Morgan fingerprint density at radius 2 is 1.88 bits per heavy atom. The number of carboxylic acids is 2. The monoisotopic (exact) mass is 461 g/mol. The number of amides is 3. The average Bonchev–Trinajstić information content (AvgIpc) is 2.74. The van der Waals surface area contributed by atoms with Crippen molar-refractivity contribution in [2.24, 2.45) is 0 Å². The Bertz CT molecular complexity index is 979. The summed E-state index contributed by atoms with van der Waals surface area (Å²) in [5.74, 6) is -3.64. The van der Waals surface area contributed by atoms with Crippen LogP contribution in [0.3, 0.4) is 0 Å². The first kappa shape index (κ1) is 23.3. The molecule has 1 aromatic rings. The van der Waals surface area contributed by atoms with E-state index in [9.17, 15) is 29.1 Å². The highest BCUT2D eigenvalue weighted by Crippen LogP contribution is 2.40. The lowest BCUT2D eigenvalue weighted by molar-refractivity contribution is -0.148. The zero-order valence-electron chi connectivity index (χ0n) is 17.2. The van der Waals surface area contributed by atoms with Crippen LogP contribution in [0.2, 0.25) is 0 Å². The predicted octanol–water partition coefficient (Wildman–Crippen LogP) is 0.337. The van der Waals surface area contributed by atoms with Crippen molar-refractivity contribution in [3.8, 4) is 0 Å². The fourth-order valence-corrected chi connectivity index (χ4v) is 4.84. The zero-order chi connectivity index (χ0) is 23.4. The average molecular weight is 461 g/mol. The summed E-state index contributed by atoms with van der Waals surface area (Å²) in [7, 11) is 0. The van der Waals surface area contributed by atoms with Crippen molar-refractivity contribution in [3.63, 3.8) is 0 Å². The Hall–Kier alpha value is -3.34. The molecular weight excluding hydrogens is 438 g/mol. The van der Waals surface area contributed by atoms with Crippen molar-refractivity contribution in [1.82, 2.24) is 15.5 Å². The third-order valence-corrected chi connectivity index (χ3v) is 6.57. The molecule has 0 radical (unpaired) electrons. The fourth-order valence-electron chi connectivity index (χ4n) is 3.55. The summed E-state index contributed by atoms with van der Waals surface area (Å²) in [4.78, 5) is 61.4. The van der Waals surface area contributed by atoms with E-state index >= 15 is 0 Å². The van der Waals surface area contributed by atoms with E-state index in [1.807, 2.05) is 30.3 Å². The molecule has 1 aromatic carbocycles. The highest BCUT2D eigenvalue weighted by atomic mass is 32.2. The number of benzene rings is 1. The summed E-state index contributed by atoms with van der Waals surface area (Å²) >= 11 is 1.40. The van der Waals surface area contributed by atoms with Gasteiger partial charge < -0.3 is 20.8 Å². The van der Waals surface area contributed by atoms with Gasteiger partial charge in [0.15, 0.2) is 0 Å². The molecule has 1 fully saturated rings. The SMILES string of the molecule is CC1=C(C(=O)N[C@@H](CCC(=O)O)C(=O)O)N2C(=O)[C@@H](NC(=O)Cc3ccccc3)[C@H]2SC1. The Balaban J connectivity index is 1.66. The number of fused-ring (bicyclic) bond motifs is 1. The quantitative estimate of drug-likeness (QED) is 0.384. The molecule has 0 saturated carbocycles. The van der Waals surface area contributed by atoms with Gasteiger partial charge in [0.1, 0.15) is 23.2 Å². The van der Waals surface area contributed by atoms with Crippen LogP contribution >= 0.6 is 11.8 Å². The second kappa shape index (κ2) is 9.86. The van der Waals surface area contributed by atoms with Crippen LogP contribution in [0.4, 0.5) is 0 Å². The summed E-state index contributed by atoms with van der Waals surface area (Å²) in [5, 5.41) is 22.6. The van der Waals surface area contributed by atoms with Crippen LogP contribution in [-0.4, -0.2) is 68.0 Å². The Morgan fingerprint density at radius 1 is 1.19 bits per heavy atom. The molecule has 32 heavy (non-hydrogen) atoms. The summed E-state index contributed by atoms with van der Waals surface area (Å²) in [6, 6.07) is 6.90. The van der Waals surface area contributed by atoms with Gasteiger partial charge in [0.2, 0.25) is 5.91 Å². The first-order chi connectivity index (χ1) is 15.2. The number of hydrogen-bond donors (Lipinski definition) is 4. The van der Waals surface area contributed by atoms with Crippen LogP contribution in [0.25, 0.3) is 0 Å². The molecule has 3 atom stereocenters. The van der Waals surface area contributed by atoms with Gasteiger partial charge in [0.05, 0.1) is 6.42 Å². The van der Waals surface area contributed by atoms with Crippen molar-refractivity contribution in [3.05, 3.63) is 47.2 Å². The van der Waals surface area contributed by atoms with Gasteiger partial charge in [-0.25, -0.2) is 4.79 Å². The van der Waals surface area contributed by atoms with Crippen LogP contribution in [0, 0.1) is 0 Å². The minimum atomic E-state index is -1.40. The van der Waals surface area contributed by atoms with Gasteiger partial charge in [-0.05, 0) is 24.5 Å². The molecule has 4 N–H and O–H groups in total. The van der Waals surface area contributed by atoms with Crippen LogP contribution in [0.1, 0.15) is 25.3 Å². The number of nitrogens with zero attached hydrogens (tertiary/aromatic N) is 1. The number of aliphatic carboxylic acids is 2. The highest BCUT2D eigenvalue weighted by molar-refractivity contribution is 8.00. The van der Waals surface area contributed by atoms with Crippen LogP contribution in [0.15, 0.2) is 41.6 Å². The molecule has 3 amide bonds. The minimum absolute atomic E-state index is 0.0499. The van der Waals surface area contributed by atoms with E-state index in [0.717, 1.165) is 5.56 Å². The second-order valence-corrected chi connectivity index (χ2v) is 8.65. The number of carbonyl (C=O) groups is 5. The Morgan fingerprint density at radius 3 is 2.50 bits per heavy atom. The van der Waals surface area contributed by atoms with Crippen molar-refractivity contribution in [2.45, 2.75) is 43.6 Å². The molecule has 0 spiro atoms. The van der Waals surface area contributed by atoms with Gasteiger partial charge in [-0.15, -0.1) is 11.8 Å². The van der Waals surface area contributed by atoms with E-state index in [1.165, 1.54) is 16.7 Å². The molecule has 10 nitrogen and oxygen atoms in total. The number of β-lactam (4-membered cyclic amide) rings is 1. The maximum Gasteiger partial charge on any atom is 0.326 e. The fraction of sp³-hybridized carbons (Fsp3) is 0.381. The summed E-state index contributed by atoms with van der Waals surface area (Å²) in [6.45, 7) is 1.67. The number of thioether (sulfide) groups is 1. The second-order valence-electron chi connectivity index (χ2n) is 7.54. The van der Waals surface area contributed by atoms with Gasteiger partial charge >= 0.3 is 11.9 Å². The largest absolute Gasteiger partial charge is 0.481 e. The molecule has 11 heteroatoms. The van der Waals surface area contributed by atoms with E-state index < -0.39 is 47.6 Å². The molecule has 0 unspecified atom stereocenters. The van der Waals surface area contributed by atoms with E-state index in [0.29, 0.717) is 11.3 Å². The summed E-state index contributed by atoms with van der Waals surface area (Å²) in [5.41, 5.74) is 1.45. The smallest absolute Gasteiger partial charge is 0.326 e. The molecule has 0 aromatic heterocycles. The predicted molar refractivity (Wildman–Crippen MR) is 114 cm³/mol. The Labute approximate surface area is 188 Å². The van der Waals surface area contributed by atoms with Crippen LogP contribution < -0.4 is 10.6 Å². The maximum absolute atomic E-state index is 12.8. The summed E-state index contributed by atoms with van der Waals surface area (Å²) in [6.07, 6.45) is -0.590. The standard InChI is InChI=1S/C21H23N3O7S/c1-11-10-32-20-16(23-14(25)9-12-5-3-2-4-6-12)19(29)24(20)17(11)18(28)22-13(21(30)31)7-8-15(26)27/h2-6,13,16,20H,7-10H2,1H3,(H,22,28)(H,23,25)(H,26,27)(H,30,31)/t13-,16+,20+/m0/s1. The van der Waals surface area contributed by atoms with Gasteiger partial charge in [0, 0.05) is 12.2 Å². The molecular formula is C21H23N3O7S. The van der Waals surface area contributed by atoms with E-state index in [-0.39, 0.29) is 24.4 Å². The van der Waals surface area contributed by atoms with Crippen molar-refractivity contribution in [1.29, 1.82) is 0 Å². The van der Waals surface area contributed by atoms with Crippen molar-refractivity contribution < 1.29 is 34.2 Å².